The molecule has 1 aliphatic carbocycles. The standard InChI is InChI=1S/C20H18ClF2N3O2/c1-20(22,23)11-6-7-12-16(10-11)26(15-5-3-2-4-13(15)21)19(28)25-18(12)24-14-8-9-17(14)27/h2-7,10,14,17,27H,8-9H2,1H3,(H,24,25,28)/t14-,17-/m0/s1. The first kappa shape index (κ1) is 18.8. The molecule has 3 aromatic rings. The van der Waals surface area contributed by atoms with Gasteiger partial charge in [0, 0.05) is 17.9 Å². The number of nitrogens with zero attached hydrogens (tertiary/aromatic N) is 2. The van der Waals surface area contributed by atoms with Crippen molar-refractivity contribution < 1.29 is 13.9 Å². The van der Waals surface area contributed by atoms with Gasteiger partial charge in [0.25, 0.3) is 5.92 Å². The number of benzene rings is 2. The van der Waals surface area contributed by atoms with Crippen LogP contribution in [0.3, 0.4) is 0 Å². The second-order valence-electron chi connectivity index (χ2n) is 7.05. The van der Waals surface area contributed by atoms with Gasteiger partial charge in [-0.2, -0.15) is 4.98 Å². The molecule has 1 fully saturated rings. The summed E-state index contributed by atoms with van der Waals surface area (Å²) in [5.41, 5.74) is -0.239. The highest BCUT2D eigenvalue weighted by molar-refractivity contribution is 6.32. The van der Waals surface area contributed by atoms with Crippen LogP contribution in [0.1, 0.15) is 25.3 Å². The Morgan fingerprint density at radius 1 is 1.25 bits per heavy atom. The third-order valence-corrected chi connectivity index (χ3v) is 5.37. The number of fused-ring (bicyclic) bond motifs is 1. The zero-order valence-corrected chi connectivity index (χ0v) is 15.8. The predicted octanol–water partition coefficient (Wildman–Crippen LogP) is 4.09. The van der Waals surface area contributed by atoms with E-state index >= 15 is 0 Å². The Bertz CT molecular complexity index is 1110. The fourth-order valence-electron chi connectivity index (χ4n) is 3.30. The van der Waals surface area contributed by atoms with Crippen LogP contribution in [0.25, 0.3) is 16.6 Å². The molecule has 0 aliphatic heterocycles. The summed E-state index contributed by atoms with van der Waals surface area (Å²) in [6.45, 7) is 0.803. The van der Waals surface area contributed by atoms with Crippen molar-refractivity contribution in [1.82, 2.24) is 9.55 Å². The molecule has 4 rings (SSSR count). The summed E-state index contributed by atoms with van der Waals surface area (Å²) in [5.74, 6) is -2.81. The van der Waals surface area contributed by atoms with Crippen molar-refractivity contribution in [3.05, 3.63) is 63.5 Å². The molecule has 0 amide bonds. The van der Waals surface area contributed by atoms with Crippen molar-refractivity contribution in [1.29, 1.82) is 0 Å². The molecule has 2 N–H and O–H groups in total. The maximum absolute atomic E-state index is 13.9. The van der Waals surface area contributed by atoms with Gasteiger partial charge in [0.05, 0.1) is 28.4 Å². The summed E-state index contributed by atoms with van der Waals surface area (Å²) in [5, 5.41) is 13.7. The minimum absolute atomic E-state index is 0.221. The molecule has 0 bridgehead atoms. The molecular weight excluding hydrogens is 388 g/mol. The largest absolute Gasteiger partial charge is 0.391 e. The summed E-state index contributed by atoms with van der Waals surface area (Å²) in [6.07, 6.45) is 0.878. The lowest BCUT2D eigenvalue weighted by atomic mass is 9.89. The Morgan fingerprint density at radius 2 is 2.00 bits per heavy atom. The first-order valence-corrected chi connectivity index (χ1v) is 9.28. The monoisotopic (exact) mass is 405 g/mol. The van der Waals surface area contributed by atoms with Gasteiger partial charge in [0.15, 0.2) is 0 Å². The number of aromatic nitrogens is 2. The Hall–Kier alpha value is -2.51. The van der Waals surface area contributed by atoms with E-state index in [1.807, 2.05) is 0 Å². The molecule has 0 saturated heterocycles. The second-order valence-corrected chi connectivity index (χ2v) is 7.45. The van der Waals surface area contributed by atoms with Gasteiger partial charge in [0.1, 0.15) is 5.82 Å². The number of alkyl halides is 2. The molecule has 1 saturated carbocycles. The summed E-state index contributed by atoms with van der Waals surface area (Å²) in [4.78, 5) is 16.9. The third-order valence-electron chi connectivity index (χ3n) is 5.05. The van der Waals surface area contributed by atoms with E-state index in [-0.39, 0.29) is 22.9 Å². The van der Waals surface area contributed by atoms with Crippen LogP contribution in [0.4, 0.5) is 14.6 Å². The molecular formula is C20H18ClF2N3O2. The molecule has 2 atom stereocenters. The van der Waals surface area contributed by atoms with Crippen molar-refractivity contribution in [3.63, 3.8) is 0 Å². The summed E-state index contributed by atoms with van der Waals surface area (Å²) in [7, 11) is 0. The van der Waals surface area contributed by atoms with Crippen LogP contribution < -0.4 is 11.0 Å². The van der Waals surface area contributed by atoms with Gasteiger partial charge in [-0.05, 0) is 37.1 Å². The number of para-hydroxylation sites is 1. The SMILES string of the molecule is CC(F)(F)c1ccc2c(N[C@H]3CC[C@@H]3O)nc(=O)n(-c3ccccc3Cl)c2c1. The van der Waals surface area contributed by atoms with E-state index < -0.39 is 17.7 Å². The van der Waals surface area contributed by atoms with Crippen molar-refractivity contribution >= 4 is 28.3 Å². The molecule has 0 unspecified atom stereocenters. The second kappa shape index (κ2) is 6.83. The fourth-order valence-corrected chi connectivity index (χ4v) is 3.52. The zero-order valence-electron chi connectivity index (χ0n) is 15.0. The van der Waals surface area contributed by atoms with Crippen LogP contribution >= 0.6 is 11.6 Å². The highest BCUT2D eigenvalue weighted by Crippen LogP contribution is 2.33. The molecule has 0 spiro atoms. The Balaban J connectivity index is 1.99. The highest BCUT2D eigenvalue weighted by atomic mass is 35.5. The quantitative estimate of drug-likeness (QED) is 0.686. The topological polar surface area (TPSA) is 67.2 Å². The predicted molar refractivity (Wildman–Crippen MR) is 105 cm³/mol. The lowest BCUT2D eigenvalue weighted by molar-refractivity contribution is 0.0176. The van der Waals surface area contributed by atoms with Gasteiger partial charge in [-0.1, -0.05) is 29.8 Å². The summed E-state index contributed by atoms with van der Waals surface area (Å²) >= 11 is 6.25. The number of nitrogens with one attached hydrogen (secondary N) is 1. The molecule has 0 radical (unpaired) electrons. The molecule has 1 aromatic heterocycles. The van der Waals surface area contributed by atoms with Crippen LogP contribution in [0.15, 0.2) is 47.3 Å². The molecule has 2 aromatic carbocycles. The van der Waals surface area contributed by atoms with E-state index in [2.05, 4.69) is 10.3 Å². The average Bonchev–Trinajstić information content (AvgIpc) is 2.64. The summed E-state index contributed by atoms with van der Waals surface area (Å²) < 4.78 is 29.1. The fraction of sp³-hybridized carbons (Fsp3) is 0.300. The van der Waals surface area contributed by atoms with Crippen molar-refractivity contribution in [2.75, 3.05) is 5.32 Å². The third kappa shape index (κ3) is 3.25. The number of aliphatic hydroxyl groups is 1. The van der Waals surface area contributed by atoms with Crippen LogP contribution in [0.2, 0.25) is 5.02 Å². The number of halogens is 3. The van der Waals surface area contributed by atoms with E-state index in [9.17, 15) is 18.7 Å². The molecule has 8 heteroatoms. The molecule has 1 aliphatic rings. The van der Waals surface area contributed by atoms with E-state index in [4.69, 9.17) is 11.6 Å². The zero-order chi connectivity index (χ0) is 20.1. The van der Waals surface area contributed by atoms with Crippen LogP contribution in [0, 0.1) is 0 Å². The van der Waals surface area contributed by atoms with Crippen LogP contribution in [-0.2, 0) is 5.92 Å². The highest BCUT2D eigenvalue weighted by Gasteiger charge is 2.30. The normalized spacial score (nSPS) is 19.5. The van der Waals surface area contributed by atoms with E-state index in [1.165, 1.54) is 22.8 Å². The molecule has 146 valence electrons. The van der Waals surface area contributed by atoms with Crippen molar-refractivity contribution in [3.8, 4) is 5.69 Å². The number of aliphatic hydroxyl groups excluding tert-OH is 1. The number of anilines is 1. The van der Waals surface area contributed by atoms with E-state index in [0.29, 0.717) is 22.5 Å². The Labute approximate surface area is 164 Å². The first-order chi connectivity index (χ1) is 13.3. The minimum Gasteiger partial charge on any atom is -0.391 e. The maximum Gasteiger partial charge on any atom is 0.354 e. The van der Waals surface area contributed by atoms with Gasteiger partial charge in [-0.15, -0.1) is 0 Å². The number of hydrogen-bond donors (Lipinski definition) is 2. The molecule has 28 heavy (non-hydrogen) atoms. The van der Waals surface area contributed by atoms with Crippen molar-refractivity contribution in [2.45, 2.75) is 37.8 Å². The van der Waals surface area contributed by atoms with Crippen molar-refractivity contribution in [2.24, 2.45) is 0 Å². The Morgan fingerprint density at radius 3 is 2.61 bits per heavy atom. The van der Waals surface area contributed by atoms with Gasteiger partial charge >= 0.3 is 5.69 Å². The Kier molecular flexibility index (Phi) is 4.59. The van der Waals surface area contributed by atoms with Gasteiger partial charge in [-0.25, -0.2) is 13.6 Å². The average molecular weight is 406 g/mol. The van der Waals surface area contributed by atoms with E-state index in [0.717, 1.165) is 13.3 Å². The maximum atomic E-state index is 13.9. The minimum atomic E-state index is -3.07. The van der Waals surface area contributed by atoms with E-state index in [1.54, 1.807) is 24.3 Å². The lowest BCUT2D eigenvalue weighted by Crippen LogP contribution is -2.43. The van der Waals surface area contributed by atoms with Gasteiger partial charge < -0.3 is 10.4 Å². The smallest absolute Gasteiger partial charge is 0.354 e. The molecule has 5 nitrogen and oxygen atoms in total. The first-order valence-electron chi connectivity index (χ1n) is 8.90. The van der Waals surface area contributed by atoms with Crippen LogP contribution in [-0.4, -0.2) is 26.8 Å². The van der Waals surface area contributed by atoms with Gasteiger partial charge in [0.2, 0.25) is 0 Å². The van der Waals surface area contributed by atoms with Gasteiger partial charge in [-0.3, -0.25) is 4.57 Å². The lowest BCUT2D eigenvalue weighted by Gasteiger charge is -2.33. The summed E-state index contributed by atoms with van der Waals surface area (Å²) in [6, 6.07) is 10.5. The number of hydrogen-bond acceptors (Lipinski definition) is 4. The molecule has 1 heterocycles. The van der Waals surface area contributed by atoms with Crippen LogP contribution in [0.5, 0.6) is 0 Å². The number of rotatable bonds is 4.